The molecule has 0 amide bonds. The van der Waals surface area contributed by atoms with Crippen LogP contribution in [-0.2, 0) is 6.54 Å². The highest BCUT2D eigenvalue weighted by Crippen LogP contribution is 2.22. The van der Waals surface area contributed by atoms with E-state index in [4.69, 9.17) is 21.3 Å². The van der Waals surface area contributed by atoms with E-state index in [1.165, 1.54) is 5.56 Å². The fourth-order valence-electron chi connectivity index (χ4n) is 4.06. The molecule has 0 aliphatic rings. The number of ether oxygens (including phenoxy) is 1. The quantitative estimate of drug-likeness (QED) is 0.224. The molecular formula is C29H31ClN2O2. The van der Waals surface area contributed by atoms with Crippen molar-refractivity contribution < 1.29 is 4.74 Å². The Balaban J connectivity index is 1.35. The SMILES string of the molecule is CC(C)c1ccc(OCCCCCCn2c(-c3ccc(Cl)cc3)nc3ccccc3c2=O)cc1. The summed E-state index contributed by atoms with van der Waals surface area (Å²) >= 11 is 6.07. The van der Waals surface area contributed by atoms with E-state index in [0.29, 0.717) is 40.8 Å². The van der Waals surface area contributed by atoms with Crippen LogP contribution in [0.3, 0.4) is 0 Å². The third kappa shape index (κ3) is 5.87. The molecule has 0 aliphatic carbocycles. The lowest BCUT2D eigenvalue weighted by molar-refractivity contribution is 0.304. The molecule has 0 saturated carbocycles. The second kappa shape index (κ2) is 11.3. The monoisotopic (exact) mass is 474 g/mol. The lowest BCUT2D eigenvalue weighted by Gasteiger charge is -2.14. The van der Waals surface area contributed by atoms with Crippen LogP contribution in [0.15, 0.2) is 77.6 Å². The lowest BCUT2D eigenvalue weighted by atomic mass is 10.0. The summed E-state index contributed by atoms with van der Waals surface area (Å²) in [6.45, 7) is 5.72. The molecule has 0 fully saturated rings. The molecule has 0 spiro atoms. The van der Waals surface area contributed by atoms with E-state index in [-0.39, 0.29) is 5.56 Å². The first-order valence-corrected chi connectivity index (χ1v) is 12.4. The van der Waals surface area contributed by atoms with E-state index in [2.05, 4.69) is 26.0 Å². The Morgan fingerprint density at radius 3 is 2.32 bits per heavy atom. The molecule has 1 heterocycles. The zero-order chi connectivity index (χ0) is 23.9. The van der Waals surface area contributed by atoms with Gasteiger partial charge in [0.25, 0.3) is 5.56 Å². The van der Waals surface area contributed by atoms with E-state index in [0.717, 1.165) is 37.0 Å². The molecule has 0 saturated heterocycles. The molecule has 0 N–H and O–H groups in total. The van der Waals surface area contributed by atoms with Gasteiger partial charge in [0.15, 0.2) is 0 Å². The first-order chi connectivity index (χ1) is 16.5. The van der Waals surface area contributed by atoms with Crippen LogP contribution in [0.25, 0.3) is 22.3 Å². The van der Waals surface area contributed by atoms with Gasteiger partial charge in [0.05, 0.1) is 17.5 Å². The van der Waals surface area contributed by atoms with E-state index in [1.807, 2.05) is 60.7 Å². The first kappa shape index (κ1) is 24.0. The van der Waals surface area contributed by atoms with Gasteiger partial charge in [-0.2, -0.15) is 0 Å². The number of para-hydroxylation sites is 1. The molecule has 4 aromatic rings. The average Bonchev–Trinajstić information content (AvgIpc) is 2.85. The molecule has 1 aromatic heterocycles. The highest BCUT2D eigenvalue weighted by atomic mass is 35.5. The molecule has 0 aliphatic heterocycles. The summed E-state index contributed by atoms with van der Waals surface area (Å²) in [7, 11) is 0. The van der Waals surface area contributed by atoms with Crippen molar-refractivity contribution in [3.05, 3.63) is 93.7 Å². The molecule has 0 unspecified atom stereocenters. The lowest BCUT2D eigenvalue weighted by Crippen LogP contribution is -2.23. The summed E-state index contributed by atoms with van der Waals surface area (Å²) in [5.41, 5.74) is 2.93. The van der Waals surface area contributed by atoms with E-state index < -0.39 is 0 Å². The van der Waals surface area contributed by atoms with Gasteiger partial charge in [-0.15, -0.1) is 0 Å². The van der Waals surface area contributed by atoms with Crippen LogP contribution < -0.4 is 10.3 Å². The Kier molecular flexibility index (Phi) is 8.02. The topological polar surface area (TPSA) is 44.1 Å². The highest BCUT2D eigenvalue weighted by molar-refractivity contribution is 6.30. The van der Waals surface area contributed by atoms with Gasteiger partial charge in [-0.3, -0.25) is 9.36 Å². The van der Waals surface area contributed by atoms with Gasteiger partial charge in [-0.25, -0.2) is 4.98 Å². The highest BCUT2D eigenvalue weighted by Gasteiger charge is 2.12. The number of hydrogen-bond acceptors (Lipinski definition) is 3. The third-order valence-corrected chi connectivity index (χ3v) is 6.31. The molecular weight excluding hydrogens is 444 g/mol. The second-order valence-corrected chi connectivity index (χ2v) is 9.34. The number of hydrogen-bond donors (Lipinski definition) is 0. The number of benzene rings is 3. The molecule has 4 rings (SSSR count). The molecule has 5 heteroatoms. The van der Waals surface area contributed by atoms with Crippen molar-refractivity contribution >= 4 is 22.5 Å². The van der Waals surface area contributed by atoms with E-state index in [9.17, 15) is 4.79 Å². The summed E-state index contributed by atoms with van der Waals surface area (Å²) in [6.07, 6.45) is 3.97. The van der Waals surface area contributed by atoms with Crippen LogP contribution in [0, 0.1) is 0 Å². The minimum atomic E-state index is 0.00345. The average molecular weight is 475 g/mol. The third-order valence-electron chi connectivity index (χ3n) is 6.06. The van der Waals surface area contributed by atoms with Gasteiger partial charge in [0, 0.05) is 17.1 Å². The van der Waals surface area contributed by atoms with Gasteiger partial charge in [-0.05, 0) is 72.9 Å². The summed E-state index contributed by atoms with van der Waals surface area (Å²) < 4.78 is 7.69. The maximum atomic E-state index is 13.3. The van der Waals surface area contributed by atoms with Crippen LogP contribution in [0.1, 0.15) is 51.0 Å². The first-order valence-electron chi connectivity index (χ1n) is 12.0. The van der Waals surface area contributed by atoms with E-state index in [1.54, 1.807) is 4.57 Å². The van der Waals surface area contributed by atoms with Crippen molar-refractivity contribution in [2.75, 3.05) is 6.61 Å². The minimum absolute atomic E-state index is 0.00345. The van der Waals surface area contributed by atoms with Gasteiger partial charge in [0.2, 0.25) is 0 Å². The molecule has 34 heavy (non-hydrogen) atoms. The molecule has 176 valence electrons. The normalized spacial score (nSPS) is 11.3. The number of halogens is 1. The molecule has 0 atom stereocenters. The van der Waals surface area contributed by atoms with Crippen LogP contribution in [0.4, 0.5) is 0 Å². The number of rotatable bonds is 10. The maximum absolute atomic E-state index is 13.3. The number of aromatic nitrogens is 2. The zero-order valence-electron chi connectivity index (χ0n) is 19.8. The van der Waals surface area contributed by atoms with Crippen LogP contribution in [-0.4, -0.2) is 16.2 Å². The largest absolute Gasteiger partial charge is 0.494 e. The van der Waals surface area contributed by atoms with Crippen molar-refractivity contribution in [2.45, 2.75) is 52.0 Å². The van der Waals surface area contributed by atoms with Crippen molar-refractivity contribution in [1.82, 2.24) is 9.55 Å². The molecule has 0 radical (unpaired) electrons. The molecule has 3 aromatic carbocycles. The van der Waals surface area contributed by atoms with Crippen LogP contribution in [0.2, 0.25) is 5.02 Å². The van der Waals surface area contributed by atoms with Crippen molar-refractivity contribution in [2.24, 2.45) is 0 Å². The maximum Gasteiger partial charge on any atom is 0.261 e. The Morgan fingerprint density at radius 1 is 0.882 bits per heavy atom. The second-order valence-electron chi connectivity index (χ2n) is 8.90. The predicted octanol–water partition coefficient (Wildman–Crippen LogP) is 7.48. The van der Waals surface area contributed by atoms with E-state index >= 15 is 0 Å². The summed E-state index contributed by atoms with van der Waals surface area (Å²) in [5, 5.41) is 1.31. The summed E-state index contributed by atoms with van der Waals surface area (Å²) in [4.78, 5) is 18.1. The van der Waals surface area contributed by atoms with Crippen LogP contribution in [0.5, 0.6) is 5.75 Å². The van der Waals surface area contributed by atoms with Crippen molar-refractivity contribution in [3.8, 4) is 17.1 Å². The Hall–Kier alpha value is -3.11. The van der Waals surface area contributed by atoms with Crippen molar-refractivity contribution in [3.63, 3.8) is 0 Å². The fourth-order valence-corrected chi connectivity index (χ4v) is 4.19. The Labute approximate surface area is 206 Å². The molecule has 0 bridgehead atoms. The standard InChI is InChI=1S/C29H31ClN2O2/c1-21(2)22-13-17-25(18-14-22)34-20-8-4-3-7-19-32-28(23-11-15-24(30)16-12-23)31-27-10-6-5-9-26(27)29(32)33/h5-6,9-18,21H,3-4,7-8,19-20H2,1-2H3. The fraction of sp³-hybridized carbons (Fsp3) is 0.310. The number of nitrogens with zero attached hydrogens (tertiary/aromatic N) is 2. The van der Waals surface area contributed by atoms with Gasteiger partial charge < -0.3 is 4.74 Å². The minimum Gasteiger partial charge on any atom is -0.494 e. The van der Waals surface area contributed by atoms with Gasteiger partial charge >= 0.3 is 0 Å². The smallest absolute Gasteiger partial charge is 0.261 e. The Bertz CT molecular complexity index is 1280. The number of unbranched alkanes of at least 4 members (excludes halogenated alkanes) is 3. The molecule has 4 nitrogen and oxygen atoms in total. The Morgan fingerprint density at radius 2 is 1.59 bits per heavy atom. The summed E-state index contributed by atoms with van der Waals surface area (Å²) in [5.74, 6) is 2.14. The van der Waals surface area contributed by atoms with Gasteiger partial charge in [-0.1, -0.05) is 62.6 Å². The van der Waals surface area contributed by atoms with Gasteiger partial charge in [0.1, 0.15) is 11.6 Å². The zero-order valence-corrected chi connectivity index (χ0v) is 20.6. The summed E-state index contributed by atoms with van der Waals surface area (Å²) in [6, 6.07) is 23.4. The van der Waals surface area contributed by atoms with Crippen molar-refractivity contribution in [1.29, 1.82) is 0 Å². The van der Waals surface area contributed by atoms with Crippen LogP contribution >= 0.6 is 11.6 Å². The predicted molar refractivity (Wildman–Crippen MR) is 141 cm³/mol. The number of fused-ring (bicyclic) bond motifs is 1.